The summed E-state index contributed by atoms with van der Waals surface area (Å²) in [6.45, 7) is 8.62. The second-order valence-electron chi connectivity index (χ2n) is 3.14. The predicted molar refractivity (Wildman–Crippen MR) is 58.9 cm³/mol. The third kappa shape index (κ3) is 7.79. The summed E-state index contributed by atoms with van der Waals surface area (Å²) in [6, 6.07) is 0. The lowest BCUT2D eigenvalue weighted by Gasteiger charge is -2.09. The van der Waals surface area contributed by atoms with Crippen LogP contribution in [0.4, 0.5) is 0 Å². The van der Waals surface area contributed by atoms with Gasteiger partial charge in [-0.15, -0.1) is 6.58 Å². The minimum Gasteiger partial charge on any atom is -0.370 e. The molecule has 0 unspecified atom stereocenters. The van der Waals surface area contributed by atoms with E-state index in [0.29, 0.717) is 6.61 Å². The Hall–Kier alpha value is -0.560. The van der Waals surface area contributed by atoms with Gasteiger partial charge in [0.25, 0.3) is 0 Å². The maximum absolute atomic E-state index is 5.52. The molecule has 0 aliphatic heterocycles. The van der Waals surface area contributed by atoms with E-state index in [2.05, 4.69) is 32.6 Å². The number of ether oxygens (including phenoxy) is 1. The summed E-state index contributed by atoms with van der Waals surface area (Å²) < 4.78 is 5.52. The van der Waals surface area contributed by atoms with Crippen molar-refractivity contribution in [2.24, 2.45) is 0 Å². The van der Waals surface area contributed by atoms with Crippen LogP contribution in [0.15, 0.2) is 24.8 Å². The van der Waals surface area contributed by atoms with Gasteiger partial charge in [0.05, 0.1) is 12.7 Å². The molecule has 1 heteroatoms. The van der Waals surface area contributed by atoms with E-state index in [1.165, 1.54) is 19.3 Å². The smallest absolute Gasteiger partial charge is 0.0757 e. The number of rotatable bonds is 8. The second kappa shape index (κ2) is 9.53. The Kier molecular flexibility index (Phi) is 9.12. The van der Waals surface area contributed by atoms with Gasteiger partial charge in [0, 0.05) is 0 Å². The van der Waals surface area contributed by atoms with E-state index in [1.54, 1.807) is 6.08 Å². The lowest BCUT2D eigenvalue weighted by atomic mass is 10.2. The minimum atomic E-state index is 0.273. The van der Waals surface area contributed by atoms with Crippen LogP contribution in [0.1, 0.15) is 39.5 Å². The van der Waals surface area contributed by atoms with Crippen LogP contribution in [0, 0.1) is 0 Å². The molecule has 0 heterocycles. The van der Waals surface area contributed by atoms with Crippen LogP contribution >= 0.6 is 0 Å². The fourth-order valence-electron chi connectivity index (χ4n) is 1.07. The maximum Gasteiger partial charge on any atom is 0.0757 e. The van der Waals surface area contributed by atoms with E-state index in [9.17, 15) is 0 Å². The topological polar surface area (TPSA) is 9.23 Å². The van der Waals surface area contributed by atoms with Crippen molar-refractivity contribution in [3.05, 3.63) is 24.8 Å². The summed E-state index contributed by atoms with van der Waals surface area (Å²) >= 11 is 0. The van der Waals surface area contributed by atoms with E-state index >= 15 is 0 Å². The van der Waals surface area contributed by atoms with Gasteiger partial charge in [0.15, 0.2) is 0 Å². The summed E-state index contributed by atoms with van der Waals surface area (Å²) in [5, 5.41) is 0. The molecule has 0 amide bonds. The van der Waals surface area contributed by atoms with Gasteiger partial charge in [-0.25, -0.2) is 0 Å². The highest BCUT2D eigenvalue weighted by Crippen LogP contribution is 2.02. The quantitative estimate of drug-likeness (QED) is 0.410. The van der Waals surface area contributed by atoms with Gasteiger partial charge >= 0.3 is 0 Å². The largest absolute Gasteiger partial charge is 0.370 e. The van der Waals surface area contributed by atoms with Crippen molar-refractivity contribution >= 4 is 0 Å². The molecule has 0 aromatic rings. The van der Waals surface area contributed by atoms with Gasteiger partial charge in [0.2, 0.25) is 0 Å². The molecule has 0 fully saturated rings. The highest BCUT2D eigenvalue weighted by Gasteiger charge is 1.98. The lowest BCUT2D eigenvalue weighted by molar-refractivity contribution is 0.106. The van der Waals surface area contributed by atoms with Gasteiger partial charge in [0.1, 0.15) is 0 Å². The average molecular weight is 182 g/mol. The van der Waals surface area contributed by atoms with Crippen LogP contribution < -0.4 is 0 Å². The van der Waals surface area contributed by atoms with Crippen molar-refractivity contribution < 1.29 is 4.74 Å². The summed E-state index contributed by atoms with van der Waals surface area (Å²) in [4.78, 5) is 0. The van der Waals surface area contributed by atoms with Gasteiger partial charge < -0.3 is 4.74 Å². The first-order valence-corrected chi connectivity index (χ1v) is 5.24. The second-order valence-corrected chi connectivity index (χ2v) is 3.14. The molecule has 0 radical (unpaired) electrons. The fourth-order valence-corrected chi connectivity index (χ4v) is 1.07. The highest BCUT2D eigenvalue weighted by molar-refractivity contribution is 4.89. The molecule has 1 nitrogen and oxygen atoms in total. The molecule has 0 spiro atoms. The Morgan fingerprint density at radius 1 is 1.38 bits per heavy atom. The normalized spacial score (nSPS) is 13.4. The molecule has 0 N–H and O–H groups in total. The van der Waals surface area contributed by atoms with E-state index in [4.69, 9.17) is 4.74 Å². The van der Waals surface area contributed by atoms with E-state index in [1.807, 2.05) is 0 Å². The van der Waals surface area contributed by atoms with E-state index in [-0.39, 0.29) is 6.10 Å². The number of hydrogen-bond donors (Lipinski definition) is 0. The molecule has 0 aromatic carbocycles. The van der Waals surface area contributed by atoms with Crippen LogP contribution in [0.5, 0.6) is 0 Å². The summed E-state index contributed by atoms with van der Waals surface area (Å²) in [7, 11) is 0. The van der Waals surface area contributed by atoms with Crippen molar-refractivity contribution in [3.63, 3.8) is 0 Å². The SMILES string of the molecule is C=CCO[C@H](/C=C/CCCC)CC. The molecule has 0 aromatic heterocycles. The third-order valence-corrected chi connectivity index (χ3v) is 1.91. The van der Waals surface area contributed by atoms with Crippen LogP contribution in [-0.4, -0.2) is 12.7 Å². The first-order valence-electron chi connectivity index (χ1n) is 5.24. The maximum atomic E-state index is 5.52. The van der Waals surface area contributed by atoms with E-state index in [0.717, 1.165) is 6.42 Å². The minimum absolute atomic E-state index is 0.273. The first-order chi connectivity index (χ1) is 6.35. The van der Waals surface area contributed by atoms with Crippen molar-refractivity contribution in [1.29, 1.82) is 0 Å². The van der Waals surface area contributed by atoms with Crippen molar-refractivity contribution in [2.75, 3.05) is 6.61 Å². The molecule has 0 aliphatic carbocycles. The Bertz CT molecular complexity index is 138. The van der Waals surface area contributed by atoms with Crippen LogP contribution in [0.2, 0.25) is 0 Å². The zero-order valence-electron chi connectivity index (χ0n) is 8.96. The molecular formula is C12H22O. The Balaban J connectivity index is 3.55. The number of hydrogen-bond acceptors (Lipinski definition) is 1. The molecule has 0 saturated heterocycles. The predicted octanol–water partition coefficient (Wildman–Crippen LogP) is 3.71. The standard InChI is InChI=1S/C12H22O/c1-4-7-8-9-10-12(6-3)13-11-5-2/h5,9-10,12H,2,4,6-8,11H2,1,3H3/b10-9+/t12-/m0/s1. The van der Waals surface area contributed by atoms with Gasteiger partial charge in [-0.2, -0.15) is 0 Å². The van der Waals surface area contributed by atoms with E-state index < -0.39 is 0 Å². The van der Waals surface area contributed by atoms with Gasteiger partial charge in [-0.05, 0) is 12.8 Å². The molecule has 0 bridgehead atoms. The molecule has 1 atom stereocenters. The zero-order chi connectivity index (χ0) is 9.94. The van der Waals surface area contributed by atoms with Gasteiger partial charge in [-0.1, -0.05) is 44.9 Å². The van der Waals surface area contributed by atoms with Crippen molar-refractivity contribution in [2.45, 2.75) is 45.6 Å². The van der Waals surface area contributed by atoms with Crippen LogP contribution in [0.3, 0.4) is 0 Å². The number of unbranched alkanes of at least 4 members (excludes halogenated alkanes) is 2. The summed E-state index contributed by atoms with van der Waals surface area (Å²) in [5.74, 6) is 0. The Labute approximate surface area is 82.5 Å². The van der Waals surface area contributed by atoms with Crippen molar-refractivity contribution in [3.8, 4) is 0 Å². The summed E-state index contributed by atoms with van der Waals surface area (Å²) in [6.07, 6.45) is 11.2. The highest BCUT2D eigenvalue weighted by atomic mass is 16.5. The Morgan fingerprint density at radius 2 is 2.15 bits per heavy atom. The monoisotopic (exact) mass is 182 g/mol. The fraction of sp³-hybridized carbons (Fsp3) is 0.667. The molecule has 0 rings (SSSR count). The third-order valence-electron chi connectivity index (χ3n) is 1.91. The molecule has 13 heavy (non-hydrogen) atoms. The lowest BCUT2D eigenvalue weighted by Crippen LogP contribution is -2.07. The number of allylic oxidation sites excluding steroid dienone is 1. The molecular weight excluding hydrogens is 160 g/mol. The average Bonchev–Trinajstić information content (AvgIpc) is 2.17. The molecule has 0 saturated carbocycles. The van der Waals surface area contributed by atoms with Crippen molar-refractivity contribution in [1.82, 2.24) is 0 Å². The van der Waals surface area contributed by atoms with Crippen LogP contribution in [0.25, 0.3) is 0 Å². The molecule has 76 valence electrons. The van der Waals surface area contributed by atoms with Gasteiger partial charge in [-0.3, -0.25) is 0 Å². The Morgan fingerprint density at radius 3 is 2.69 bits per heavy atom. The van der Waals surface area contributed by atoms with Crippen LogP contribution in [-0.2, 0) is 4.74 Å². The first kappa shape index (κ1) is 12.4. The molecule has 0 aliphatic rings. The zero-order valence-corrected chi connectivity index (χ0v) is 8.96. The summed E-state index contributed by atoms with van der Waals surface area (Å²) in [5.41, 5.74) is 0.